The Hall–Kier alpha value is -1.50. The molecule has 0 radical (unpaired) electrons. The summed E-state index contributed by atoms with van der Waals surface area (Å²) in [5, 5.41) is 3.16. The minimum absolute atomic E-state index is 0.292. The van der Waals surface area contributed by atoms with E-state index in [9.17, 15) is 0 Å². The molecule has 40 heavy (non-hydrogen) atoms. The van der Waals surface area contributed by atoms with Crippen molar-refractivity contribution >= 4 is 26.5 Å². The summed E-state index contributed by atoms with van der Waals surface area (Å²) in [5.41, 5.74) is 6.00. The molecule has 214 valence electrons. The molecule has 6 heteroatoms. The average Bonchev–Trinajstić information content (AvgIpc) is 3.83. The Balaban J connectivity index is 1.36. The Morgan fingerprint density at radius 1 is 0.425 bits per heavy atom. The van der Waals surface area contributed by atoms with Gasteiger partial charge in [0.1, 0.15) is 0 Å². The highest BCUT2D eigenvalue weighted by atomic mass is 31.1. The Morgan fingerprint density at radius 3 is 1.07 bits per heavy atom. The van der Waals surface area contributed by atoms with E-state index in [-0.39, 0.29) is 15.8 Å². The van der Waals surface area contributed by atoms with Gasteiger partial charge in [-0.05, 0) is 109 Å². The van der Waals surface area contributed by atoms with Crippen molar-refractivity contribution in [3.8, 4) is 34.1 Å². The van der Waals surface area contributed by atoms with Crippen molar-refractivity contribution in [2.75, 3.05) is 13.6 Å². The monoisotopic (exact) mass is 578 g/mol. The van der Waals surface area contributed by atoms with Crippen LogP contribution in [-0.4, -0.2) is 36.2 Å². The smallest absolute Gasteiger partial charge is 0.231 e. The van der Waals surface area contributed by atoms with Crippen LogP contribution in [0.25, 0.3) is 11.1 Å². The van der Waals surface area contributed by atoms with Gasteiger partial charge in [0.2, 0.25) is 13.6 Å². The first kappa shape index (κ1) is 26.2. The van der Waals surface area contributed by atoms with Crippen molar-refractivity contribution in [1.82, 2.24) is 0 Å². The zero-order valence-electron chi connectivity index (χ0n) is 23.9. The fourth-order valence-corrected chi connectivity index (χ4v) is 16.8. The van der Waals surface area contributed by atoms with Gasteiger partial charge in [-0.1, -0.05) is 67.2 Å². The van der Waals surface area contributed by atoms with Gasteiger partial charge >= 0.3 is 0 Å². The largest absolute Gasteiger partial charge is 0.454 e. The summed E-state index contributed by atoms with van der Waals surface area (Å²) < 4.78 is 25.1. The molecule has 4 aliphatic carbocycles. The van der Waals surface area contributed by atoms with E-state index in [0.29, 0.717) is 13.6 Å². The minimum atomic E-state index is -0.292. The van der Waals surface area contributed by atoms with Crippen LogP contribution < -0.4 is 29.6 Å². The maximum Gasteiger partial charge on any atom is 0.231 e. The molecular weight excluding hydrogens is 534 g/mol. The molecule has 0 aromatic heterocycles. The summed E-state index contributed by atoms with van der Waals surface area (Å²) in [5.74, 6) is 3.80. The maximum atomic E-state index is 6.44. The van der Waals surface area contributed by atoms with Gasteiger partial charge in [-0.3, -0.25) is 0 Å². The van der Waals surface area contributed by atoms with E-state index in [1.807, 2.05) is 0 Å². The lowest BCUT2D eigenvalue weighted by Crippen LogP contribution is -2.25. The molecule has 2 aromatic carbocycles. The highest BCUT2D eigenvalue weighted by Crippen LogP contribution is 2.63. The molecule has 0 spiro atoms. The molecule has 2 aromatic rings. The lowest BCUT2D eigenvalue weighted by molar-refractivity contribution is 0.173. The lowest BCUT2D eigenvalue weighted by Gasteiger charge is -2.35. The molecule has 2 heterocycles. The second-order valence-corrected chi connectivity index (χ2v) is 18.5. The van der Waals surface area contributed by atoms with Crippen LogP contribution in [0.15, 0.2) is 24.3 Å². The van der Waals surface area contributed by atoms with Crippen LogP contribution in [0.3, 0.4) is 0 Å². The summed E-state index contributed by atoms with van der Waals surface area (Å²) in [7, 11) is -0.585. The van der Waals surface area contributed by atoms with Crippen molar-refractivity contribution in [2.24, 2.45) is 0 Å². The zero-order chi connectivity index (χ0) is 26.5. The molecule has 0 unspecified atom stereocenters. The maximum absolute atomic E-state index is 6.44. The zero-order valence-corrected chi connectivity index (χ0v) is 25.7. The number of hydrogen-bond donors (Lipinski definition) is 0. The molecule has 4 nitrogen and oxygen atoms in total. The predicted octanol–water partition coefficient (Wildman–Crippen LogP) is 8.80. The SMILES string of the molecule is c1cc(P(C2CCCC2)C2CCCC2)c(-c2c(P(C3CCCC3)C3CCCC3)ccc3c2OCO3)c2c1OCO2. The van der Waals surface area contributed by atoms with Crippen LogP contribution in [0.2, 0.25) is 0 Å². The number of rotatable bonds is 7. The third kappa shape index (κ3) is 4.55. The molecule has 4 saturated carbocycles. The van der Waals surface area contributed by atoms with Crippen molar-refractivity contribution in [3.05, 3.63) is 24.3 Å². The second kappa shape index (κ2) is 11.3. The third-order valence-electron chi connectivity index (χ3n) is 10.7. The van der Waals surface area contributed by atoms with E-state index in [4.69, 9.17) is 18.9 Å². The van der Waals surface area contributed by atoms with Crippen molar-refractivity contribution in [3.63, 3.8) is 0 Å². The van der Waals surface area contributed by atoms with Crippen LogP contribution >= 0.6 is 15.8 Å². The van der Waals surface area contributed by atoms with Gasteiger partial charge in [0.15, 0.2) is 23.0 Å². The van der Waals surface area contributed by atoms with E-state index < -0.39 is 0 Å². The van der Waals surface area contributed by atoms with Crippen molar-refractivity contribution in [1.29, 1.82) is 0 Å². The first-order valence-corrected chi connectivity index (χ1v) is 19.2. The first-order valence-electron chi connectivity index (χ1n) is 16.3. The highest BCUT2D eigenvalue weighted by Gasteiger charge is 2.42. The van der Waals surface area contributed by atoms with Crippen LogP contribution in [0.4, 0.5) is 0 Å². The number of hydrogen-bond acceptors (Lipinski definition) is 4. The summed E-state index contributed by atoms with van der Waals surface area (Å²) in [6, 6.07) is 9.41. The molecule has 6 aliphatic rings. The average molecular weight is 579 g/mol. The predicted molar refractivity (Wildman–Crippen MR) is 166 cm³/mol. The third-order valence-corrected chi connectivity index (χ3v) is 17.8. The van der Waals surface area contributed by atoms with Gasteiger partial charge in [0, 0.05) is 11.1 Å². The van der Waals surface area contributed by atoms with Crippen LogP contribution in [-0.2, 0) is 0 Å². The summed E-state index contributed by atoms with van der Waals surface area (Å²) in [6.45, 7) is 0.636. The fourth-order valence-electron chi connectivity index (χ4n) is 8.95. The van der Waals surface area contributed by atoms with Gasteiger partial charge < -0.3 is 18.9 Å². The van der Waals surface area contributed by atoms with Crippen LogP contribution in [0.1, 0.15) is 103 Å². The number of benzene rings is 2. The Morgan fingerprint density at radius 2 is 0.750 bits per heavy atom. The lowest BCUT2D eigenvalue weighted by atomic mass is 10.0. The number of ether oxygens (including phenoxy) is 4. The van der Waals surface area contributed by atoms with E-state index in [1.165, 1.54) is 114 Å². The van der Waals surface area contributed by atoms with Gasteiger partial charge in [-0.25, -0.2) is 0 Å². The summed E-state index contributed by atoms with van der Waals surface area (Å²) in [4.78, 5) is 0. The molecular formula is C34H44O4P2. The van der Waals surface area contributed by atoms with Gasteiger partial charge in [-0.15, -0.1) is 0 Å². The van der Waals surface area contributed by atoms with E-state index >= 15 is 0 Å². The molecule has 0 atom stereocenters. The second-order valence-electron chi connectivity index (χ2n) is 13.0. The first-order chi connectivity index (χ1) is 19.9. The van der Waals surface area contributed by atoms with Crippen molar-refractivity contribution < 1.29 is 18.9 Å². The van der Waals surface area contributed by atoms with E-state index in [2.05, 4.69) is 24.3 Å². The van der Waals surface area contributed by atoms with E-state index in [0.717, 1.165) is 45.6 Å². The molecule has 4 fully saturated rings. The Kier molecular flexibility index (Phi) is 7.39. The molecule has 2 aliphatic heterocycles. The summed E-state index contributed by atoms with van der Waals surface area (Å²) >= 11 is 0. The topological polar surface area (TPSA) is 36.9 Å². The molecule has 8 rings (SSSR count). The minimum Gasteiger partial charge on any atom is -0.454 e. The van der Waals surface area contributed by atoms with Gasteiger partial charge in [0.25, 0.3) is 0 Å². The van der Waals surface area contributed by atoms with Crippen LogP contribution in [0, 0.1) is 0 Å². The van der Waals surface area contributed by atoms with Gasteiger partial charge in [0.05, 0.1) is 0 Å². The highest BCUT2D eigenvalue weighted by molar-refractivity contribution is 7.68. The van der Waals surface area contributed by atoms with E-state index in [1.54, 1.807) is 10.6 Å². The standard InChI is InChI=1S/C34H44O4P2/c1-2-10-23(9-1)39(24-11-3-4-12-24)29-19-17-27-33(37-21-35-27)31(29)32-30(20-18-28-34(32)38-22-36-28)40(25-13-5-6-14-25)26-15-7-8-16-26/h17-20,23-26H,1-16,21-22H2. The molecule has 0 amide bonds. The van der Waals surface area contributed by atoms with Crippen molar-refractivity contribution in [2.45, 2.75) is 125 Å². The summed E-state index contributed by atoms with van der Waals surface area (Å²) in [6.07, 6.45) is 22.3. The fraction of sp³-hybridized carbons (Fsp3) is 0.647. The number of fused-ring (bicyclic) bond motifs is 2. The Bertz CT molecular complexity index is 1100. The molecule has 0 bridgehead atoms. The Labute approximate surface area is 242 Å². The quantitative estimate of drug-likeness (QED) is 0.308. The normalized spacial score (nSPS) is 23.6. The molecule has 0 saturated heterocycles. The van der Waals surface area contributed by atoms with Crippen LogP contribution in [0.5, 0.6) is 23.0 Å². The molecule has 0 N–H and O–H groups in total. The van der Waals surface area contributed by atoms with Gasteiger partial charge in [-0.2, -0.15) is 0 Å².